The average Bonchev–Trinajstić information content (AvgIpc) is 2.25. The van der Waals surface area contributed by atoms with Crippen molar-refractivity contribution in [2.45, 2.75) is 78.1 Å². The first-order valence-electron chi connectivity index (χ1n) is 7.12. The molecule has 0 heterocycles. The third-order valence-corrected chi connectivity index (χ3v) is 3.06. The zero-order chi connectivity index (χ0) is 12.1. The lowest BCUT2D eigenvalue weighted by Crippen LogP contribution is -2.04. The highest BCUT2D eigenvalue weighted by atomic mass is 16.5. The van der Waals surface area contributed by atoms with Crippen molar-refractivity contribution in [2.75, 3.05) is 6.54 Å². The first kappa shape index (κ1) is 15.9. The third-order valence-electron chi connectivity index (χ3n) is 3.06. The minimum absolute atomic E-state index is 0.634. The Labute approximate surface area is 102 Å². The molecule has 0 rings (SSSR count). The van der Waals surface area contributed by atoms with E-state index in [-0.39, 0.29) is 0 Å². The van der Waals surface area contributed by atoms with Crippen LogP contribution in [0.5, 0.6) is 0 Å². The van der Waals surface area contributed by atoms with Gasteiger partial charge in [0.05, 0.1) is 0 Å². The Morgan fingerprint density at radius 1 is 0.750 bits per heavy atom. The van der Waals surface area contributed by atoms with Crippen molar-refractivity contribution in [2.24, 2.45) is 5.92 Å². The fourth-order valence-corrected chi connectivity index (χ4v) is 1.99. The molecule has 0 bridgehead atoms. The second kappa shape index (κ2) is 13.0. The highest BCUT2D eigenvalue weighted by Gasteiger charge is 1.95. The summed E-state index contributed by atoms with van der Waals surface area (Å²) < 4.78 is 0. The number of hydrogen-bond acceptors (Lipinski definition) is 2. The summed E-state index contributed by atoms with van der Waals surface area (Å²) in [6.45, 7) is 5.24. The van der Waals surface area contributed by atoms with E-state index >= 15 is 0 Å². The standard InChI is InChI=1S/C14H30NO/c1-14(2)12-10-8-6-4-3-5-7-9-11-13-15-16/h14-15H,3-13H2,1-2H3/q-1. The minimum Gasteiger partial charge on any atom is -0.788 e. The molecule has 0 fully saturated rings. The van der Waals surface area contributed by atoms with Gasteiger partial charge in [0.15, 0.2) is 0 Å². The van der Waals surface area contributed by atoms with Crippen molar-refractivity contribution in [3.05, 3.63) is 5.21 Å². The molecule has 98 valence electrons. The molecule has 1 N–H and O–H groups in total. The van der Waals surface area contributed by atoms with Gasteiger partial charge in [0, 0.05) is 0 Å². The first-order chi connectivity index (χ1) is 7.77. The molecule has 0 spiro atoms. The highest BCUT2D eigenvalue weighted by Crippen LogP contribution is 2.12. The lowest BCUT2D eigenvalue weighted by molar-refractivity contribution is 0.505. The Hall–Kier alpha value is -0.0800. The highest BCUT2D eigenvalue weighted by molar-refractivity contribution is 4.51. The molecule has 0 aliphatic carbocycles. The SMILES string of the molecule is CC(C)CCCCCCCCCCCN[O-]. The number of unbranched alkanes of at least 4 members (excludes halogenated alkanes) is 8. The van der Waals surface area contributed by atoms with Gasteiger partial charge in [-0.3, -0.25) is 0 Å². The molecule has 0 aliphatic heterocycles. The average molecular weight is 228 g/mol. The van der Waals surface area contributed by atoms with Gasteiger partial charge in [-0.15, -0.1) is 0 Å². The molecule has 0 amide bonds. The fraction of sp³-hybridized carbons (Fsp3) is 1.00. The molecule has 2 heteroatoms. The van der Waals surface area contributed by atoms with Gasteiger partial charge < -0.3 is 10.7 Å². The van der Waals surface area contributed by atoms with Gasteiger partial charge in [-0.2, -0.15) is 0 Å². The van der Waals surface area contributed by atoms with E-state index in [0.717, 1.165) is 12.3 Å². The van der Waals surface area contributed by atoms with Crippen LogP contribution >= 0.6 is 0 Å². The summed E-state index contributed by atoms with van der Waals surface area (Å²) in [5.74, 6) is 0.870. The molecule has 0 atom stereocenters. The number of nitrogens with one attached hydrogen (secondary N) is 1. The van der Waals surface area contributed by atoms with Crippen LogP contribution in [0.1, 0.15) is 78.1 Å². The van der Waals surface area contributed by atoms with Crippen molar-refractivity contribution < 1.29 is 0 Å². The number of hydrogen-bond donors (Lipinski definition) is 1. The van der Waals surface area contributed by atoms with Crippen LogP contribution < -0.4 is 5.48 Å². The molecule has 0 saturated carbocycles. The van der Waals surface area contributed by atoms with E-state index in [1.54, 1.807) is 0 Å². The molecular weight excluding hydrogens is 198 g/mol. The maximum Gasteiger partial charge on any atom is -0.0170 e. The molecule has 0 saturated heterocycles. The Morgan fingerprint density at radius 3 is 1.62 bits per heavy atom. The van der Waals surface area contributed by atoms with Crippen LogP contribution in [0, 0.1) is 11.1 Å². The van der Waals surface area contributed by atoms with Crippen molar-refractivity contribution in [3.63, 3.8) is 0 Å². The maximum atomic E-state index is 9.96. The first-order valence-corrected chi connectivity index (χ1v) is 7.12. The summed E-state index contributed by atoms with van der Waals surface area (Å²) in [5.41, 5.74) is 1.95. The van der Waals surface area contributed by atoms with E-state index in [1.165, 1.54) is 57.8 Å². The second-order valence-electron chi connectivity index (χ2n) is 5.26. The lowest BCUT2D eigenvalue weighted by Gasteiger charge is -2.06. The maximum absolute atomic E-state index is 9.96. The Morgan fingerprint density at radius 2 is 1.19 bits per heavy atom. The van der Waals surface area contributed by atoms with Crippen molar-refractivity contribution in [1.82, 2.24) is 5.48 Å². The van der Waals surface area contributed by atoms with Crippen molar-refractivity contribution in [1.29, 1.82) is 0 Å². The van der Waals surface area contributed by atoms with E-state index in [4.69, 9.17) is 0 Å². The van der Waals surface area contributed by atoms with Crippen LogP contribution in [0.3, 0.4) is 0 Å². The Balaban J connectivity index is 2.88. The van der Waals surface area contributed by atoms with E-state index in [9.17, 15) is 5.21 Å². The quantitative estimate of drug-likeness (QED) is 0.390. The predicted molar refractivity (Wildman–Crippen MR) is 72.4 cm³/mol. The van der Waals surface area contributed by atoms with Gasteiger partial charge in [0.25, 0.3) is 0 Å². The molecule has 0 radical (unpaired) electrons. The molecule has 2 nitrogen and oxygen atoms in total. The number of hydroxylamine groups is 1. The Bertz CT molecular complexity index is 126. The van der Waals surface area contributed by atoms with Gasteiger partial charge in [-0.25, -0.2) is 0 Å². The van der Waals surface area contributed by atoms with Crippen molar-refractivity contribution >= 4 is 0 Å². The van der Waals surface area contributed by atoms with Crippen LogP contribution in [-0.4, -0.2) is 6.54 Å². The molecule has 0 aromatic carbocycles. The van der Waals surface area contributed by atoms with Gasteiger partial charge in [0.1, 0.15) is 0 Å². The molecule has 0 aliphatic rings. The zero-order valence-corrected chi connectivity index (χ0v) is 11.3. The third kappa shape index (κ3) is 13.9. The topological polar surface area (TPSA) is 35.1 Å². The fourth-order valence-electron chi connectivity index (χ4n) is 1.99. The summed E-state index contributed by atoms with van der Waals surface area (Å²) in [7, 11) is 0. The van der Waals surface area contributed by atoms with Gasteiger partial charge in [0.2, 0.25) is 0 Å². The van der Waals surface area contributed by atoms with Crippen LogP contribution in [-0.2, 0) is 0 Å². The minimum atomic E-state index is 0.634. The normalized spacial score (nSPS) is 11.2. The van der Waals surface area contributed by atoms with Crippen LogP contribution in [0.25, 0.3) is 0 Å². The predicted octanol–water partition coefficient (Wildman–Crippen LogP) is 4.63. The monoisotopic (exact) mass is 228 g/mol. The summed E-state index contributed by atoms with van der Waals surface area (Å²) in [4.78, 5) is 0. The number of rotatable bonds is 12. The summed E-state index contributed by atoms with van der Waals surface area (Å²) in [5, 5.41) is 9.96. The van der Waals surface area contributed by atoms with Gasteiger partial charge >= 0.3 is 0 Å². The van der Waals surface area contributed by atoms with Crippen LogP contribution in [0.4, 0.5) is 0 Å². The molecule has 0 aromatic rings. The van der Waals surface area contributed by atoms with E-state index in [0.29, 0.717) is 6.54 Å². The lowest BCUT2D eigenvalue weighted by atomic mass is 10.0. The summed E-state index contributed by atoms with van der Waals surface area (Å²) >= 11 is 0. The van der Waals surface area contributed by atoms with Crippen molar-refractivity contribution in [3.8, 4) is 0 Å². The second-order valence-corrected chi connectivity index (χ2v) is 5.26. The summed E-state index contributed by atoms with van der Waals surface area (Å²) in [6.07, 6.45) is 13.3. The largest absolute Gasteiger partial charge is 0.788 e. The van der Waals surface area contributed by atoms with E-state index in [2.05, 4.69) is 13.8 Å². The smallest absolute Gasteiger partial charge is 0.0170 e. The summed E-state index contributed by atoms with van der Waals surface area (Å²) in [6, 6.07) is 0. The van der Waals surface area contributed by atoms with Gasteiger partial charge in [-0.05, 0) is 18.9 Å². The van der Waals surface area contributed by atoms with Gasteiger partial charge in [-0.1, -0.05) is 71.6 Å². The van der Waals surface area contributed by atoms with E-state index in [1.807, 2.05) is 5.48 Å². The molecule has 16 heavy (non-hydrogen) atoms. The molecular formula is C14H30NO-. The van der Waals surface area contributed by atoms with E-state index < -0.39 is 0 Å². The van der Waals surface area contributed by atoms with Crippen LogP contribution in [0.2, 0.25) is 0 Å². The van der Waals surface area contributed by atoms with Crippen LogP contribution in [0.15, 0.2) is 0 Å². The Kier molecular flexibility index (Phi) is 12.9. The zero-order valence-electron chi connectivity index (χ0n) is 11.3. The molecule has 0 aromatic heterocycles. The molecule has 0 unspecified atom stereocenters.